The summed E-state index contributed by atoms with van der Waals surface area (Å²) in [5.74, 6) is 4.62. The first-order valence-corrected chi connectivity index (χ1v) is 7.80. The molecular formula is C13H25NS. The van der Waals surface area contributed by atoms with Crippen molar-refractivity contribution in [1.29, 1.82) is 0 Å². The predicted octanol–water partition coefficient (Wildman–Crippen LogP) is 3.30. The van der Waals surface area contributed by atoms with Gasteiger partial charge in [0.05, 0.1) is 0 Å². The second kappa shape index (κ2) is 5.58. The van der Waals surface area contributed by atoms with Crippen molar-refractivity contribution in [3.05, 3.63) is 0 Å². The summed E-state index contributed by atoms with van der Waals surface area (Å²) in [6, 6.07) is 1.63. The maximum Gasteiger partial charge on any atom is 0.0161 e. The lowest BCUT2D eigenvalue weighted by molar-refractivity contribution is 0.320. The van der Waals surface area contributed by atoms with Crippen molar-refractivity contribution in [3.8, 4) is 0 Å². The molecule has 0 spiro atoms. The molecule has 2 rings (SSSR count). The van der Waals surface area contributed by atoms with Crippen LogP contribution in [-0.2, 0) is 0 Å². The summed E-state index contributed by atoms with van der Waals surface area (Å²) in [6.07, 6.45) is 7.07. The monoisotopic (exact) mass is 227 g/mol. The van der Waals surface area contributed by atoms with Crippen molar-refractivity contribution in [2.45, 2.75) is 58.0 Å². The van der Waals surface area contributed by atoms with Gasteiger partial charge in [-0.3, -0.25) is 0 Å². The molecule has 2 fully saturated rings. The lowest BCUT2D eigenvalue weighted by Crippen LogP contribution is -2.43. The van der Waals surface area contributed by atoms with Crippen molar-refractivity contribution in [1.82, 2.24) is 5.32 Å². The van der Waals surface area contributed by atoms with E-state index in [9.17, 15) is 0 Å². The molecular weight excluding hydrogens is 202 g/mol. The Balaban J connectivity index is 1.79. The summed E-state index contributed by atoms with van der Waals surface area (Å²) in [4.78, 5) is 0. The molecule has 0 amide bonds. The van der Waals surface area contributed by atoms with E-state index < -0.39 is 0 Å². The predicted molar refractivity (Wildman–Crippen MR) is 69.4 cm³/mol. The molecule has 1 saturated carbocycles. The number of rotatable bonds is 3. The fraction of sp³-hybridized carbons (Fsp3) is 1.00. The topological polar surface area (TPSA) is 12.0 Å². The molecule has 1 heterocycles. The zero-order valence-electron chi connectivity index (χ0n) is 10.2. The van der Waals surface area contributed by atoms with Crippen LogP contribution in [0.15, 0.2) is 0 Å². The summed E-state index contributed by atoms with van der Waals surface area (Å²) in [5, 5.41) is 3.91. The van der Waals surface area contributed by atoms with Crippen LogP contribution in [0.1, 0.15) is 46.0 Å². The molecule has 4 atom stereocenters. The molecule has 1 saturated heterocycles. The van der Waals surface area contributed by atoms with Crippen LogP contribution in [0.25, 0.3) is 0 Å². The maximum absolute atomic E-state index is 3.91. The van der Waals surface area contributed by atoms with Gasteiger partial charge in [-0.15, -0.1) is 0 Å². The summed E-state index contributed by atoms with van der Waals surface area (Å²) in [6.45, 7) is 4.80. The van der Waals surface area contributed by atoms with Crippen molar-refractivity contribution in [2.75, 3.05) is 11.5 Å². The summed E-state index contributed by atoms with van der Waals surface area (Å²) in [7, 11) is 0. The van der Waals surface area contributed by atoms with E-state index in [0.29, 0.717) is 0 Å². The van der Waals surface area contributed by atoms with Gasteiger partial charge >= 0.3 is 0 Å². The zero-order chi connectivity index (χ0) is 10.7. The minimum atomic E-state index is 0.812. The van der Waals surface area contributed by atoms with Crippen molar-refractivity contribution in [2.24, 2.45) is 11.8 Å². The molecule has 2 heteroatoms. The number of nitrogens with one attached hydrogen (secondary N) is 1. The quantitative estimate of drug-likeness (QED) is 0.794. The third-order valence-corrected chi connectivity index (χ3v) is 5.58. The van der Waals surface area contributed by atoms with E-state index in [1.165, 1.54) is 43.6 Å². The largest absolute Gasteiger partial charge is 0.310 e. The molecule has 4 unspecified atom stereocenters. The highest BCUT2D eigenvalue weighted by Gasteiger charge is 2.32. The van der Waals surface area contributed by atoms with Crippen LogP contribution in [0.4, 0.5) is 0 Å². The van der Waals surface area contributed by atoms with E-state index in [0.717, 1.165) is 23.9 Å². The minimum Gasteiger partial charge on any atom is -0.310 e. The van der Waals surface area contributed by atoms with Gasteiger partial charge in [-0.05, 0) is 43.3 Å². The molecule has 0 aromatic rings. The smallest absolute Gasteiger partial charge is 0.0161 e. The number of thioether (sulfide) groups is 1. The van der Waals surface area contributed by atoms with E-state index >= 15 is 0 Å². The lowest BCUT2D eigenvalue weighted by Gasteiger charge is -2.29. The average molecular weight is 227 g/mol. The molecule has 0 aromatic heterocycles. The van der Waals surface area contributed by atoms with Gasteiger partial charge in [-0.25, -0.2) is 0 Å². The van der Waals surface area contributed by atoms with E-state index in [1.54, 1.807) is 0 Å². The van der Waals surface area contributed by atoms with Crippen LogP contribution in [0.2, 0.25) is 0 Å². The third-order valence-electron chi connectivity index (χ3n) is 4.36. The first-order chi connectivity index (χ1) is 7.31. The second-order valence-electron chi connectivity index (χ2n) is 5.29. The minimum absolute atomic E-state index is 0.812. The van der Waals surface area contributed by atoms with Crippen LogP contribution < -0.4 is 5.32 Å². The second-order valence-corrected chi connectivity index (χ2v) is 6.44. The first-order valence-electron chi connectivity index (χ1n) is 6.65. The van der Waals surface area contributed by atoms with Crippen molar-refractivity contribution < 1.29 is 0 Å². The van der Waals surface area contributed by atoms with Gasteiger partial charge in [0.1, 0.15) is 0 Å². The molecule has 0 radical (unpaired) electrons. The third kappa shape index (κ3) is 2.91. The van der Waals surface area contributed by atoms with E-state index in [1.807, 2.05) is 0 Å². The number of hydrogen-bond acceptors (Lipinski definition) is 2. The van der Waals surface area contributed by atoms with Gasteiger partial charge in [0.15, 0.2) is 0 Å². The van der Waals surface area contributed by atoms with Crippen LogP contribution in [-0.4, -0.2) is 23.6 Å². The Bertz CT molecular complexity index is 189. The fourth-order valence-corrected chi connectivity index (χ4v) is 4.32. The van der Waals surface area contributed by atoms with Crippen LogP contribution in [0.5, 0.6) is 0 Å². The van der Waals surface area contributed by atoms with E-state index in [-0.39, 0.29) is 0 Å². The Morgan fingerprint density at radius 3 is 2.73 bits per heavy atom. The van der Waals surface area contributed by atoms with Gasteiger partial charge in [-0.2, -0.15) is 11.8 Å². The molecule has 1 aliphatic carbocycles. The van der Waals surface area contributed by atoms with E-state index in [2.05, 4.69) is 30.9 Å². The van der Waals surface area contributed by atoms with Crippen molar-refractivity contribution in [3.63, 3.8) is 0 Å². The molecule has 0 aromatic carbocycles. The maximum atomic E-state index is 3.91. The highest BCUT2D eigenvalue weighted by molar-refractivity contribution is 7.99. The molecule has 1 nitrogen and oxygen atoms in total. The van der Waals surface area contributed by atoms with E-state index in [4.69, 9.17) is 0 Å². The Kier molecular flexibility index (Phi) is 4.39. The number of hydrogen-bond donors (Lipinski definition) is 1. The summed E-state index contributed by atoms with van der Waals surface area (Å²) < 4.78 is 0. The van der Waals surface area contributed by atoms with Gasteiger partial charge in [0.2, 0.25) is 0 Å². The molecule has 2 aliphatic rings. The Morgan fingerprint density at radius 1 is 1.27 bits per heavy atom. The summed E-state index contributed by atoms with van der Waals surface area (Å²) in [5.41, 5.74) is 0. The Morgan fingerprint density at radius 2 is 2.13 bits per heavy atom. The SMILES string of the molecule is CCC1CCC(NC2CCCSC2)C1C. The molecule has 0 bridgehead atoms. The fourth-order valence-electron chi connectivity index (χ4n) is 3.23. The standard InChI is InChI=1S/C13H25NS/c1-3-11-6-7-13(10(11)2)14-12-5-4-8-15-9-12/h10-14H,3-9H2,1-2H3. The lowest BCUT2D eigenvalue weighted by atomic mass is 9.93. The van der Waals surface area contributed by atoms with Gasteiger partial charge < -0.3 is 5.32 Å². The Hall–Kier alpha value is 0.310. The van der Waals surface area contributed by atoms with Gasteiger partial charge in [-0.1, -0.05) is 20.3 Å². The van der Waals surface area contributed by atoms with Crippen LogP contribution in [0, 0.1) is 11.8 Å². The van der Waals surface area contributed by atoms with Crippen LogP contribution >= 0.6 is 11.8 Å². The molecule has 1 aliphatic heterocycles. The van der Waals surface area contributed by atoms with Gasteiger partial charge in [0.25, 0.3) is 0 Å². The first kappa shape index (κ1) is 11.8. The molecule has 15 heavy (non-hydrogen) atoms. The average Bonchev–Trinajstić information content (AvgIpc) is 2.62. The van der Waals surface area contributed by atoms with Crippen LogP contribution in [0.3, 0.4) is 0 Å². The normalized spacial score (nSPS) is 42.0. The molecule has 1 N–H and O–H groups in total. The van der Waals surface area contributed by atoms with Gasteiger partial charge in [0, 0.05) is 17.8 Å². The highest BCUT2D eigenvalue weighted by Crippen LogP contribution is 2.34. The molecule has 88 valence electrons. The highest BCUT2D eigenvalue weighted by atomic mass is 32.2. The Labute approximate surface area is 98.8 Å². The zero-order valence-corrected chi connectivity index (χ0v) is 11.0. The van der Waals surface area contributed by atoms with Crippen molar-refractivity contribution >= 4 is 11.8 Å². The summed E-state index contributed by atoms with van der Waals surface area (Å²) >= 11 is 2.13.